The van der Waals surface area contributed by atoms with E-state index in [2.05, 4.69) is 4.98 Å². The molecule has 4 rings (SSSR count). The van der Waals surface area contributed by atoms with Gasteiger partial charge in [0.05, 0.1) is 23.4 Å². The summed E-state index contributed by atoms with van der Waals surface area (Å²) in [6.07, 6.45) is -1.79. The van der Waals surface area contributed by atoms with E-state index in [0.717, 1.165) is 11.3 Å². The fraction of sp³-hybridized carbons (Fsp3) is 0.211. The number of thiazole rings is 1. The smallest absolute Gasteiger partial charge is 0.307 e. The number of fused-ring (bicyclic) bond motifs is 2. The van der Waals surface area contributed by atoms with Gasteiger partial charge in [-0.3, -0.25) is 14.5 Å². The van der Waals surface area contributed by atoms with Gasteiger partial charge < -0.3 is 9.84 Å². The lowest BCUT2D eigenvalue weighted by atomic mass is 10.1. The molecule has 1 aromatic heterocycles. The van der Waals surface area contributed by atoms with Gasteiger partial charge in [-0.05, 0) is 18.6 Å². The number of halogens is 3. The molecule has 1 aliphatic heterocycles. The number of ether oxygens (including phenoxy) is 1. The first-order valence-electron chi connectivity index (χ1n) is 8.48. The van der Waals surface area contributed by atoms with Crippen LogP contribution in [0.4, 0.5) is 18.9 Å². The van der Waals surface area contributed by atoms with E-state index in [1.165, 1.54) is 4.90 Å². The minimum Gasteiger partial charge on any atom is -0.481 e. The van der Waals surface area contributed by atoms with Crippen LogP contribution in [0.2, 0.25) is 0 Å². The second-order valence-corrected chi connectivity index (χ2v) is 7.57. The lowest BCUT2D eigenvalue weighted by Crippen LogP contribution is -2.46. The summed E-state index contributed by atoms with van der Waals surface area (Å²) in [5.74, 6) is -5.04. The van der Waals surface area contributed by atoms with Crippen LogP contribution in [0.5, 0.6) is 5.75 Å². The molecule has 0 fully saturated rings. The predicted octanol–water partition coefficient (Wildman–Crippen LogP) is 3.79. The van der Waals surface area contributed by atoms with Crippen molar-refractivity contribution in [2.45, 2.75) is 26.0 Å². The maximum absolute atomic E-state index is 14.0. The molecule has 2 heterocycles. The summed E-state index contributed by atoms with van der Waals surface area (Å²) in [5, 5.41) is 9.23. The molecule has 2 aromatic carbocycles. The van der Waals surface area contributed by atoms with Crippen molar-refractivity contribution in [3.63, 3.8) is 0 Å². The molecule has 0 spiro atoms. The number of rotatable bonds is 4. The monoisotopic (exact) mass is 422 g/mol. The zero-order valence-corrected chi connectivity index (χ0v) is 15.7. The number of amides is 1. The van der Waals surface area contributed by atoms with Crippen molar-refractivity contribution in [3.05, 3.63) is 52.3 Å². The van der Waals surface area contributed by atoms with E-state index in [9.17, 15) is 22.8 Å². The maximum atomic E-state index is 14.0. The van der Waals surface area contributed by atoms with Crippen molar-refractivity contribution in [2.75, 3.05) is 4.90 Å². The number of aliphatic carboxylic acids is 1. The van der Waals surface area contributed by atoms with Gasteiger partial charge in [0.2, 0.25) is 0 Å². The minimum absolute atomic E-state index is 0.168. The number of aromatic nitrogens is 1. The SMILES string of the molecule is Cc1cccc2c1N(Cc1nc3c(F)cc(F)c(F)c3s1)C(=O)C(CC(=O)O)O2. The van der Waals surface area contributed by atoms with Crippen molar-refractivity contribution < 1.29 is 32.6 Å². The lowest BCUT2D eigenvalue weighted by molar-refractivity contribution is -0.142. The molecule has 10 heteroatoms. The number of benzene rings is 2. The van der Waals surface area contributed by atoms with Gasteiger partial charge in [-0.15, -0.1) is 11.3 Å². The Bertz CT molecular complexity index is 1160. The highest BCUT2D eigenvalue weighted by molar-refractivity contribution is 7.18. The second kappa shape index (κ2) is 7.03. The molecule has 6 nitrogen and oxygen atoms in total. The van der Waals surface area contributed by atoms with E-state index in [1.807, 2.05) is 0 Å². The zero-order chi connectivity index (χ0) is 20.9. The number of hydrogen-bond donors (Lipinski definition) is 1. The fourth-order valence-electron chi connectivity index (χ4n) is 3.23. The summed E-state index contributed by atoms with van der Waals surface area (Å²) < 4.78 is 46.8. The van der Waals surface area contributed by atoms with Crippen molar-refractivity contribution in [3.8, 4) is 5.75 Å². The van der Waals surface area contributed by atoms with E-state index in [4.69, 9.17) is 9.84 Å². The minimum atomic E-state index is -1.32. The van der Waals surface area contributed by atoms with Gasteiger partial charge in [0.15, 0.2) is 23.6 Å². The molecule has 29 heavy (non-hydrogen) atoms. The molecule has 150 valence electrons. The van der Waals surface area contributed by atoms with Crippen LogP contribution in [-0.2, 0) is 16.1 Å². The first kappa shape index (κ1) is 19.2. The van der Waals surface area contributed by atoms with Crippen LogP contribution in [0.1, 0.15) is 17.0 Å². The first-order chi connectivity index (χ1) is 13.8. The van der Waals surface area contributed by atoms with Gasteiger partial charge in [-0.25, -0.2) is 18.2 Å². The number of nitrogens with zero attached hydrogens (tertiary/aromatic N) is 2. The van der Waals surface area contributed by atoms with Crippen LogP contribution < -0.4 is 9.64 Å². The fourth-order valence-corrected chi connectivity index (χ4v) is 4.23. The van der Waals surface area contributed by atoms with Gasteiger partial charge >= 0.3 is 5.97 Å². The molecule has 1 unspecified atom stereocenters. The summed E-state index contributed by atoms with van der Waals surface area (Å²) in [6.45, 7) is 1.57. The van der Waals surface area contributed by atoms with Crippen LogP contribution in [0.3, 0.4) is 0 Å². The Kier molecular flexibility index (Phi) is 4.65. The van der Waals surface area contributed by atoms with E-state index in [0.29, 0.717) is 23.1 Å². The Morgan fingerprint density at radius 3 is 2.79 bits per heavy atom. The number of carbonyl (C=O) groups excluding carboxylic acids is 1. The zero-order valence-electron chi connectivity index (χ0n) is 14.9. The standard InChI is InChI=1S/C19H13F3N2O4S/c1-8-3-2-4-11-17(8)24(19(27)12(28-11)6-14(25)26)7-13-23-16-10(21)5-9(20)15(22)18(16)29-13/h2-5,12H,6-7H2,1H3,(H,25,26). The Labute approximate surface area is 166 Å². The summed E-state index contributed by atoms with van der Waals surface area (Å²) >= 11 is 0.726. The number of carbonyl (C=O) groups is 2. The molecule has 0 bridgehead atoms. The molecular weight excluding hydrogens is 409 g/mol. The van der Waals surface area contributed by atoms with Crippen molar-refractivity contribution in [2.24, 2.45) is 0 Å². The third-order valence-corrected chi connectivity index (χ3v) is 5.53. The van der Waals surface area contributed by atoms with Gasteiger partial charge in [-0.2, -0.15) is 0 Å². The molecule has 3 aromatic rings. The number of para-hydroxylation sites is 1. The van der Waals surface area contributed by atoms with E-state index in [1.54, 1.807) is 25.1 Å². The largest absolute Gasteiger partial charge is 0.481 e. The topological polar surface area (TPSA) is 79.7 Å². The molecule has 0 saturated heterocycles. The van der Waals surface area contributed by atoms with Gasteiger partial charge in [0.25, 0.3) is 5.91 Å². The highest BCUT2D eigenvalue weighted by atomic mass is 32.1. The normalized spacial score (nSPS) is 16.1. The van der Waals surface area contributed by atoms with Crippen molar-refractivity contribution in [1.29, 1.82) is 0 Å². The molecule has 0 aliphatic carbocycles. The average Bonchev–Trinajstić information content (AvgIpc) is 3.07. The van der Waals surface area contributed by atoms with E-state index in [-0.39, 0.29) is 21.8 Å². The number of hydrogen-bond acceptors (Lipinski definition) is 5. The Morgan fingerprint density at radius 1 is 1.31 bits per heavy atom. The number of anilines is 1. The van der Waals surface area contributed by atoms with E-state index >= 15 is 0 Å². The Morgan fingerprint density at radius 2 is 2.07 bits per heavy atom. The van der Waals surface area contributed by atoms with Crippen molar-refractivity contribution >= 4 is 39.1 Å². The summed E-state index contributed by atoms with van der Waals surface area (Å²) in [7, 11) is 0. The molecular formula is C19H13F3N2O4S. The summed E-state index contributed by atoms with van der Waals surface area (Å²) in [6, 6.07) is 5.46. The number of carboxylic acids is 1. The maximum Gasteiger partial charge on any atom is 0.307 e. The highest BCUT2D eigenvalue weighted by Gasteiger charge is 2.37. The number of aryl methyl sites for hydroxylation is 1. The average molecular weight is 422 g/mol. The van der Waals surface area contributed by atoms with E-state index < -0.39 is 41.9 Å². The van der Waals surface area contributed by atoms with Gasteiger partial charge in [-0.1, -0.05) is 12.1 Å². The third-order valence-electron chi connectivity index (χ3n) is 4.49. The molecule has 1 N–H and O–H groups in total. The predicted molar refractivity (Wildman–Crippen MR) is 98.5 cm³/mol. The van der Waals surface area contributed by atoms with Crippen LogP contribution in [-0.4, -0.2) is 28.1 Å². The lowest BCUT2D eigenvalue weighted by Gasteiger charge is -2.34. The highest BCUT2D eigenvalue weighted by Crippen LogP contribution is 2.39. The molecule has 1 atom stereocenters. The van der Waals surface area contributed by atoms with Crippen molar-refractivity contribution in [1.82, 2.24) is 4.98 Å². The third kappa shape index (κ3) is 3.29. The Hall–Kier alpha value is -3.14. The van der Waals surface area contributed by atoms with Crippen LogP contribution in [0.25, 0.3) is 10.2 Å². The van der Waals surface area contributed by atoms with Crippen LogP contribution in [0, 0.1) is 24.4 Å². The first-order valence-corrected chi connectivity index (χ1v) is 9.30. The summed E-state index contributed by atoms with van der Waals surface area (Å²) in [5.41, 5.74) is 0.788. The quantitative estimate of drug-likeness (QED) is 0.647. The second-order valence-electron chi connectivity index (χ2n) is 6.49. The van der Waals surface area contributed by atoms with Gasteiger partial charge in [0, 0.05) is 6.07 Å². The van der Waals surface area contributed by atoms with Crippen LogP contribution >= 0.6 is 11.3 Å². The Balaban J connectivity index is 1.78. The van der Waals surface area contributed by atoms with Crippen LogP contribution in [0.15, 0.2) is 24.3 Å². The summed E-state index contributed by atoms with van der Waals surface area (Å²) in [4.78, 5) is 29.3. The molecule has 1 aliphatic rings. The molecule has 0 saturated carbocycles. The number of carboxylic acid groups (broad SMARTS) is 1. The molecule has 0 radical (unpaired) electrons. The van der Waals surface area contributed by atoms with Gasteiger partial charge in [0.1, 0.15) is 16.3 Å². The molecule has 1 amide bonds.